The molecule has 14 heavy (non-hydrogen) atoms. The van der Waals surface area contributed by atoms with Crippen molar-refractivity contribution >= 4 is 0 Å². The molecule has 0 aliphatic carbocycles. The molecule has 0 spiro atoms. The van der Waals surface area contributed by atoms with Gasteiger partial charge in [0.05, 0.1) is 12.7 Å². The van der Waals surface area contributed by atoms with Crippen molar-refractivity contribution in [3.8, 4) is 0 Å². The van der Waals surface area contributed by atoms with Gasteiger partial charge in [-0.05, 0) is 33.2 Å². The molecule has 0 heterocycles. The Morgan fingerprint density at radius 2 is 1.93 bits per heavy atom. The van der Waals surface area contributed by atoms with Crippen molar-refractivity contribution in [1.29, 1.82) is 0 Å². The lowest BCUT2D eigenvalue weighted by molar-refractivity contribution is 0.0168. The summed E-state index contributed by atoms with van der Waals surface area (Å²) in [6.45, 7) is 9.24. The average Bonchev–Trinajstić information content (AvgIpc) is 2.14. The summed E-state index contributed by atoms with van der Waals surface area (Å²) in [6, 6.07) is 0. The first-order chi connectivity index (χ1) is 6.43. The largest absolute Gasteiger partial charge is 0.394 e. The fraction of sp³-hybridized carbons (Fsp3) is 1.00. The molecule has 0 aliphatic heterocycles. The normalized spacial score (nSPS) is 18.2. The van der Waals surface area contributed by atoms with Gasteiger partial charge < -0.3 is 15.2 Å². The summed E-state index contributed by atoms with van der Waals surface area (Å²) in [4.78, 5) is 0. The van der Waals surface area contributed by atoms with Crippen LogP contribution in [-0.2, 0) is 4.74 Å². The van der Waals surface area contributed by atoms with Crippen LogP contribution in [0.2, 0.25) is 0 Å². The van der Waals surface area contributed by atoms with Crippen LogP contribution in [0.15, 0.2) is 0 Å². The maximum Gasteiger partial charge on any atom is 0.0611 e. The van der Waals surface area contributed by atoms with E-state index in [1.807, 2.05) is 20.9 Å². The molecule has 2 N–H and O–H groups in total. The van der Waals surface area contributed by atoms with Crippen LogP contribution in [0.1, 0.15) is 34.1 Å². The third-order valence-corrected chi connectivity index (χ3v) is 2.40. The van der Waals surface area contributed by atoms with Gasteiger partial charge in [-0.2, -0.15) is 0 Å². The average molecular weight is 203 g/mol. The minimum atomic E-state index is -0.226. The smallest absolute Gasteiger partial charge is 0.0611 e. The molecule has 0 fully saturated rings. The Morgan fingerprint density at radius 3 is 2.29 bits per heavy atom. The SMILES string of the molecule is CNC(C)(CO)CC(C)OCC(C)C. The lowest BCUT2D eigenvalue weighted by Crippen LogP contribution is -2.46. The van der Waals surface area contributed by atoms with Gasteiger partial charge in [-0.15, -0.1) is 0 Å². The second-order valence-electron chi connectivity index (χ2n) is 4.71. The van der Waals surface area contributed by atoms with E-state index < -0.39 is 0 Å². The van der Waals surface area contributed by atoms with E-state index >= 15 is 0 Å². The Hall–Kier alpha value is -0.120. The molecule has 3 nitrogen and oxygen atoms in total. The second kappa shape index (κ2) is 6.38. The van der Waals surface area contributed by atoms with Crippen molar-refractivity contribution in [2.75, 3.05) is 20.3 Å². The number of ether oxygens (including phenoxy) is 1. The summed E-state index contributed by atoms with van der Waals surface area (Å²) < 4.78 is 5.65. The molecule has 0 saturated carbocycles. The molecule has 0 aliphatic rings. The summed E-state index contributed by atoms with van der Waals surface area (Å²) in [5.74, 6) is 0.562. The number of aliphatic hydroxyl groups excluding tert-OH is 1. The predicted molar refractivity (Wildman–Crippen MR) is 59.4 cm³/mol. The third kappa shape index (κ3) is 5.58. The van der Waals surface area contributed by atoms with Crippen LogP contribution < -0.4 is 5.32 Å². The highest BCUT2D eigenvalue weighted by Crippen LogP contribution is 2.13. The molecule has 0 aromatic carbocycles. The van der Waals surface area contributed by atoms with Crippen molar-refractivity contribution in [1.82, 2.24) is 5.32 Å². The number of likely N-dealkylation sites (N-methyl/N-ethyl adjacent to an activating group) is 1. The van der Waals surface area contributed by atoms with Gasteiger partial charge in [0.15, 0.2) is 0 Å². The molecule has 0 radical (unpaired) electrons. The predicted octanol–water partition coefficient (Wildman–Crippen LogP) is 1.41. The first-order valence-corrected chi connectivity index (χ1v) is 5.35. The molecule has 0 bridgehead atoms. The molecular weight excluding hydrogens is 178 g/mol. The van der Waals surface area contributed by atoms with Crippen LogP contribution in [0, 0.1) is 5.92 Å². The number of hydrogen-bond donors (Lipinski definition) is 2. The summed E-state index contributed by atoms with van der Waals surface area (Å²) in [5.41, 5.74) is -0.226. The molecule has 0 saturated heterocycles. The van der Waals surface area contributed by atoms with Crippen LogP contribution in [0.25, 0.3) is 0 Å². The van der Waals surface area contributed by atoms with Gasteiger partial charge in [0.1, 0.15) is 0 Å². The second-order valence-corrected chi connectivity index (χ2v) is 4.71. The summed E-state index contributed by atoms with van der Waals surface area (Å²) in [6.07, 6.45) is 1.01. The van der Waals surface area contributed by atoms with Gasteiger partial charge in [0.2, 0.25) is 0 Å². The third-order valence-electron chi connectivity index (χ3n) is 2.40. The topological polar surface area (TPSA) is 41.5 Å². The summed E-state index contributed by atoms with van der Waals surface area (Å²) >= 11 is 0. The van der Waals surface area contributed by atoms with Crippen LogP contribution in [0.5, 0.6) is 0 Å². The Kier molecular flexibility index (Phi) is 6.33. The zero-order chi connectivity index (χ0) is 11.2. The van der Waals surface area contributed by atoms with E-state index in [2.05, 4.69) is 19.2 Å². The van der Waals surface area contributed by atoms with Crippen molar-refractivity contribution in [2.24, 2.45) is 5.92 Å². The van der Waals surface area contributed by atoms with Gasteiger partial charge in [-0.25, -0.2) is 0 Å². The Labute approximate surface area is 87.8 Å². The molecular formula is C11H25NO2. The van der Waals surface area contributed by atoms with Crippen molar-refractivity contribution in [2.45, 2.75) is 45.8 Å². The molecule has 0 rings (SSSR count). The fourth-order valence-electron chi connectivity index (χ4n) is 1.30. The molecule has 0 aromatic rings. The molecule has 3 heteroatoms. The van der Waals surface area contributed by atoms with Crippen LogP contribution >= 0.6 is 0 Å². The maximum atomic E-state index is 9.19. The van der Waals surface area contributed by atoms with Gasteiger partial charge in [0, 0.05) is 12.1 Å². The quantitative estimate of drug-likeness (QED) is 0.657. The molecule has 0 aromatic heterocycles. The van der Waals surface area contributed by atoms with E-state index in [9.17, 15) is 5.11 Å². The van der Waals surface area contributed by atoms with Crippen LogP contribution in [0.3, 0.4) is 0 Å². The first-order valence-electron chi connectivity index (χ1n) is 5.35. The number of nitrogens with one attached hydrogen (secondary N) is 1. The minimum Gasteiger partial charge on any atom is -0.394 e. The van der Waals surface area contributed by atoms with Gasteiger partial charge in [0.25, 0.3) is 0 Å². The highest BCUT2D eigenvalue weighted by molar-refractivity contribution is 4.82. The van der Waals surface area contributed by atoms with E-state index in [-0.39, 0.29) is 18.2 Å². The monoisotopic (exact) mass is 203 g/mol. The van der Waals surface area contributed by atoms with Crippen LogP contribution in [0.4, 0.5) is 0 Å². The number of hydrogen-bond acceptors (Lipinski definition) is 3. The lowest BCUT2D eigenvalue weighted by atomic mass is 9.96. The number of aliphatic hydroxyl groups is 1. The molecule has 86 valence electrons. The molecule has 0 amide bonds. The highest BCUT2D eigenvalue weighted by atomic mass is 16.5. The van der Waals surface area contributed by atoms with Crippen molar-refractivity contribution in [3.63, 3.8) is 0 Å². The fourth-order valence-corrected chi connectivity index (χ4v) is 1.30. The molecule has 2 unspecified atom stereocenters. The lowest BCUT2D eigenvalue weighted by Gasteiger charge is -2.30. The van der Waals surface area contributed by atoms with E-state index in [4.69, 9.17) is 4.74 Å². The Balaban J connectivity index is 3.85. The summed E-state index contributed by atoms with van der Waals surface area (Å²) in [5, 5.41) is 12.3. The van der Waals surface area contributed by atoms with E-state index in [0.29, 0.717) is 5.92 Å². The Morgan fingerprint density at radius 1 is 1.36 bits per heavy atom. The number of rotatable bonds is 7. The maximum absolute atomic E-state index is 9.19. The molecule has 2 atom stereocenters. The summed E-state index contributed by atoms with van der Waals surface area (Å²) in [7, 11) is 1.87. The van der Waals surface area contributed by atoms with E-state index in [1.165, 1.54) is 0 Å². The van der Waals surface area contributed by atoms with Gasteiger partial charge in [-0.1, -0.05) is 13.8 Å². The first kappa shape index (κ1) is 13.9. The van der Waals surface area contributed by atoms with E-state index in [0.717, 1.165) is 13.0 Å². The van der Waals surface area contributed by atoms with Gasteiger partial charge >= 0.3 is 0 Å². The standard InChI is InChI=1S/C11H25NO2/c1-9(2)7-14-10(3)6-11(4,8-13)12-5/h9-10,12-13H,6-8H2,1-5H3. The van der Waals surface area contributed by atoms with Crippen LogP contribution in [-0.4, -0.2) is 37.0 Å². The zero-order valence-electron chi connectivity index (χ0n) is 10.1. The minimum absolute atomic E-state index is 0.138. The van der Waals surface area contributed by atoms with E-state index in [1.54, 1.807) is 0 Å². The van der Waals surface area contributed by atoms with Crippen molar-refractivity contribution < 1.29 is 9.84 Å². The van der Waals surface area contributed by atoms with Gasteiger partial charge in [-0.3, -0.25) is 0 Å². The van der Waals surface area contributed by atoms with Crippen molar-refractivity contribution in [3.05, 3.63) is 0 Å². The highest BCUT2D eigenvalue weighted by Gasteiger charge is 2.23. The Bertz CT molecular complexity index is 144. The zero-order valence-corrected chi connectivity index (χ0v) is 10.1.